The molecule has 1 unspecified atom stereocenters. The van der Waals surface area contributed by atoms with Crippen molar-refractivity contribution in [2.24, 2.45) is 5.92 Å². The summed E-state index contributed by atoms with van der Waals surface area (Å²) < 4.78 is 0. The molecule has 1 aliphatic heterocycles. The van der Waals surface area contributed by atoms with Crippen molar-refractivity contribution >= 4 is 16.9 Å². The second-order valence-electron chi connectivity index (χ2n) is 3.41. The SMILES string of the molecule is CC(C)CN1CC(=O)SC1C. The maximum atomic E-state index is 11.0. The van der Waals surface area contributed by atoms with Crippen LogP contribution in [0.3, 0.4) is 0 Å². The number of carbonyl (C=O) groups is 1. The number of nitrogens with zero attached hydrogens (tertiary/aromatic N) is 1. The van der Waals surface area contributed by atoms with E-state index in [2.05, 4.69) is 25.7 Å². The van der Waals surface area contributed by atoms with Gasteiger partial charge in [0.2, 0.25) is 5.12 Å². The van der Waals surface area contributed by atoms with E-state index in [1.165, 1.54) is 11.8 Å². The van der Waals surface area contributed by atoms with Gasteiger partial charge in [0.1, 0.15) is 0 Å². The summed E-state index contributed by atoms with van der Waals surface area (Å²) in [5.74, 6) is 0.656. The second kappa shape index (κ2) is 3.59. The minimum atomic E-state index is 0.318. The normalized spacial score (nSPS) is 26.9. The molecule has 0 N–H and O–H groups in total. The predicted octanol–water partition coefficient (Wildman–Crippen LogP) is 1.56. The van der Waals surface area contributed by atoms with Crippen molar-refractivity contribution in [1.82, 2.24) is 4.90 Å². The van der Waals surface area contributed by atoms with Crippen LogP contribution >= 0.6 is 11.8 Å². The fourth-order valence-corrected chi connectivity index (χ4v) is 2.21. The van der Waals surface area contributed by atoms with Gasteiger partial charge in [0.05, 0.1) is 11.9 Å². The summed E-state index contributed by atoms with van der Waals surface area (Å²) in [6.45, 7) is 8.14. The zero-order chi connectivity index (χ0) is 8.43. The molecule has 0 aromatic heterocycles. The maximum absolute atomic E-state index is 11.0. The molecule has 0 bridgehead atoms. The Bertz CT molecular complexity index is 158. The van der Waals surface area contributed by atoms with E-state index in [9.17, 15) is 4.79 Å². The number of hydrogen-bond acceptors (Lipinski definition) is 3. The Hall–Kier alpha value is -0.0200. The molecule has 0 amide bonds. The van der Waals surface area contributed by atoms with Gasteiger partial charge in [-0.15, -0.1) is 0 Å². The third kappa shape index (κ3) is 2.49. The third-order valence-corrected chi connectivity index (χ3v) is 2.78. The lowest BCUT2D eigenvalue weighted by molar-refractivity contribution is -0.111. The van der Waals surface area contributed by atoms with Crippen LogP contribution in [0, 0.1) is 5.92 Å². The van der Waals surface area contributed by atoms with Crippen LogP contribution in [-0.4, -0.2) is 28.5 Å². The summed E-state index contributed by atoms with van der Waals surface area (Å²) in [5.41, 5.74) is 0. The van der Waals surface area contributed by atoms with Gasteiger partial charge >= 0.3 is 0 Å². The van der Waals surface area contributed by atoms with Crippen molar-refractivity contribution in [3.8, 4) is 0 Å². The number of rotatable bonds is 2. The molecule has 0 spiro atoms. The zero-order valence-corrected chi connectivity index (χ0v) is 8.15. The first-order chi connectivity index (χ1) is 5.09. The van der Waals surface area contributed by atoms with Gasteiger partial charge in [-0.1, -0.05) is 25.6 Å². The summed E-state index contributed by atoms with van der Waals surface area (Å²) in [7, 11) is 0. The molecule has 0 aliphatic carbocycles. The predicted molar refractivity (Wildman–Crippen MR) is 48.5 cm³/mol. The first-order valence-corrected chi connectivity index (χ1v) is 4.91. The van der Waals surface area contributed by atoms with Crippen LogP contribution in [0.2, 0.25) is 0 Å². The summed E-state index contributed by atoms with van der Waals surface area (Å²) in [4.78, 5) is 13.2. The zero-order valence-electron chi connectivity index (χ0n) is 7.33. The standard InChI is InChI=1S/C8H15NOS/c1-6(2)4-9-5-8(10)11-7(9)3/h6-7H,4-5H2,1-3H3. The van der Waals surface area contributed by atoms with Crippen LogP contribution in [0.4, 0.5) is 0 Å². The van der Waals surface area contributed by atoms with E-state index in [1.807, 2.05) is 0 Å². The number of hydrogen-bond donors (Lipinski definition) is 0. The highest BCUT2D eigenvalue weighted by atomic mass is 32.2. The van der Waals surface area contributed by atoms with Crippen LogP contribution in [0.5, 0.6) is 0 Å². The van der Waals surface area contributed by atoms with Crippen molar-refractivity contribution < 1.29 is 4.79 Å². The molecule has 1 atom stereocenters. The van der Waals surface area contributed by atoms with Gasteiger partial charge in [0, 0.05) is 6.54 Å². The van der Waals surface area contributed by atoms with E-state index in [1.54, 1.807) is 0 Å². The molecule has 3 heteroatoms. The molecule has 0 saturated carbocycles. The summed E-state index contributed by atoms with van der Waals surface area (Å²) in [6, 6.07) is 0. The first-order valence-electron chi connectivity index (χ1n) is 4.03. The maximum Gasteiger partial charge on any atom is 0.204 e. The highest BCUT2D eigenvalue weighted by Gasteiger charge is 2.27. The van der Waals surface area contributed by atoms with Crippen LogP contribution in [0.25, 0.3) is 0 Å². The average molecular weight is 173 g/mol. The molecule has 0 aromatic rings. The molecule has 11 heavy (non-hydrogen) atoms. The molecule has 1 heterocycles. The Morgan fingerprint density at radius 3 is 2.73 bits per heavy atom. The minimum absolute atomic E-state index is 0.318. The molecule has 64 valence electrons. The molecule has 1 aliphatic rings. The molecule has 1 saturated heterocycles. The van der Waals surface area contributed by atoms with Crippen molar-refractivity contribution in [3.05, 3.63) is 0 Å². The van der Waals surface area contributed by atoms with Gasteiger partial charge in [-0.05, 0) is 12.8 Å². The Morgan fingerprint density at radius 1 is 1.73 bits per heavy atom. The minimum Gasteiger partial charge on any atom is -0.286 e. The summed E-state index contributed by atoms with van der Waals surface area (Å²) in [5, 5.41) is 0.711. The average Bonchev–Trinajstić information content (AvgIpc) is 2.09. The van der Waals surface area contributed by atoms with E-state index in [0.29, 0.717) is 23.0 Å². The summed E-state index contributed by atoms with van der Waals surface area (Å²) in [6.07, 6.45) is 0. The fraction of sp³-hybridized carbons (Fsp3) is 0.875. The van der Waals surface area contributed by atoms with Gasteiger partial charge < -0.3 is 0 Å². The van der Waals surface area contributed by atoms with Gasteiger partial charge in [0.15, 0.2) is 0 Å². The van der Waals surface area contributed by atoms with Crippen LogP contribution < -0.4 is 0 Å². The fourth-order valence-electron chi connectivity index (χ4n) is 1.28. The highest BCUT2D eigenvalue weighted by Crippen LogP contribution is 2.24. The third-order valence-electron chi connectivity index (χ3n) is 1.75. The highest BCUT2D eigenvalue weighted by molar-refractivity contribution is 8.14. The molecule has 0 radical (unpaired) electrons. The van der Waals surface area contributed by atoms with Crippen LogP contribution in [0.15, 0.2) is 0 Å². The van der Waals surface area contributed by atoms with Crippen molar-refractivity contribution in [2.45, 2.75) is 26.1 Å². The van der Waals surface area contributed by atoms with Crippen molar-refractivity contribution in [2.75, 3.05) is 13.1 Å². The summed E-state index contributed by atoms with van der Waals surface area (Å²) >= 11 is 1.46. The number of thioether (sulfide) groups is 1. The van der Waals surface area contributed by atoms with Gasteiger partial charge in [0.25, 0.3) is 0 Å². The molecule has 1 rings (SSSR count). The molecular weight excluding hydrogens is 158 g/mol. The lowest BCUT2D eigenvalue weighted by atomic mass is 10.2. The van der Waals surface area contributed by atoms with Gasteiger partial charge in [-0.25, -0.2) is 0 Å². The van der Waals surface area contributed by atoms with Crippen molar-refractivity contribution in [1.29, 1.82) is 0 Å². The van der Waals surface area contributed by atoms with Gasteiger partial charge in [-0.3, -0.25) is 9.69 Å². The Morgan fingerprint density at radius 2 is 2.36 bits per heavy atom. The molecular formula is C8H15NOS. The molecule has 1 fully saturated rings. The quantitative estimate of drug-likeness (QED) is 0.632. The lowest BCUT2D eigenvalue weighted by Crippen LogP contribution is -2.30. The van der Waals surface area contributed by atoms with E-state index in [4.69, 9.17) is 0 Å². The van der Waals surface area contributed by atoms with E-state index in [0.717, 1.165) is 6.54 Å². The van der Waals surface area contributed by atoms with E-state index >= 15 is 0 Å². The number of carbonyl (C=O) groups excluding carboxylic acids is 1. The van der Waals surface area contributed by atoms with E-state index < -0.39 is 0 Å². The Labute approximate surface area is 72.3 Å². The largest absolute Gasteiger partial charge is 0.286 e. The second-order valence-corrected chi connectivity index (χ2v) is 4.79. The van der Waals surface area contributed by atoms with E-state index in [-0.39, 0.29) is 0 Å². The van der Waals surface area contributed by atoms with Gasteiger partial charge in [-0.2, -0.15) is 0 Å². The van der Waals surface area contributed by atoms with Crippen LogP contribution in [0.1, 0.15) is 20.8 Å². The molecule has 0 aromatic carbocycles. The smallest absolute Gasteiger partial charge is 0.204 e. The Balaban J connectivity index is 2.40. The monoisotopic (exact) mass is 173 g/mol. The lowest BCUT2D eigenvalue weighted by Gasteiger charge is -2.20. The Kier molecular flexibility index (Phi) is 2.96. The van der Waals surface area contributed by atoms with Crippen molar-refractivity contribution in [3.63, 3.8) is 0 Å². The topological polar surface area (TPSA) is 20.3 Å². The van der Waals surface area contributed by atoms with Crippen LogP contribution in [-0.2, 0) is 4.79 Å². The first kappa shape index (κ1) is 9.07. The molecule has 2 nitrogen and oxygen atoms in total.